The first kappa shape index (κ1) is 8.16. The highest BCUT2D eigenvalue weighted by Gasteiger charge is 2.23. The summed E-state index contributed by atoms with van der Waals surface area (Å²) in [6.07, 6.45) is 1.01. The second-order valence-corrected chi connectivity index (χ2v) is 2.91. The summed E-state index contributed by atoms with van der Waals surface area (Å²) >= 11 is 0. The van der Waals surface area contributed by atoms with Crippen LogP contribution in [0.2, 0.25) is 0 Å². The Bertz CT molecular complexity index is 365. The molecule has 13 heavy (non-hydrogen) atoms. The lowest BCUT2D eigenvalue weighted by atomic mass is 10.1. The first-order valence-electron chi connectivity index (χ1n) is 3.93. The molecule has 2 nitrogen and oxygen atoms in total. The molecule has 1 aromatic rings. The van der Waals surface area contributed by atoms with Gasteiger partial charge in [0.25, 0.3) is 0 Å². The van der Waals surface area contributed by atoms with Crippen LogP contribution in [0.1, 0.15) is 5.56 Å². The van der Waals surface area contributed by atoms with Crippen molar-refractivity contribution in [2.45, 2.75) is 6.42 Å². The molecular weight excluding hydrogens is 176 g/mol. The lowest BCUT2D eigenvalue weighted by molar-refractivity contribution is -0.107. The summed E-state index contributed by atoms with van der Waals surface area (Å²) in [5.41, 5.74) is 0.779. The molecule has 0 saturated heterocycles. The normalized spacial score (nSPS) is 14.5. The van der Waals surface area contributed by atoms with Crippen molar-refractivity contribution in [1.82, 2.24) is 0 Å². The molecule has 68 valence electrons. The molecule has 0 fully saturated rings. The van der Waals surface area contributed by atoms with Gasteiger partial charge in [-0.05, 0) is 18.6 Å². The molecule has 0 aromatic heterocycles. The summed E-state index contributed by atoms with van der Waals surface area (Å²) in [6, 6.07) is 2.46. The molecule has 0 spiro atoms. The van der Waals surface area contributed by atoms with Crippen LogP contribution in [0.25, 0.3) is 0 Å². The fraction of sp³-hybridized carbons (Fsp3) is 0.222. The first-order chi connectivity index (χ1) is 6.24. The van der Waals surface area contributed by atoms with Gasteiger partial charge < -0.3 is 4.90 Å². The van der Waals surface area contributed by atoms with E-state index in [1.165, 1.54) is 11.0 Å². The lowest BCUT2D eigenvalue weighted by Crippen LogP contribution is -2.17. The van der Waals surface area contributed by atoms with E-state index in [1.807, 2.05) is 0 Å². The van der Waals surface area contributed by atoms with E-state index in [0.29, 0.717) is 30.6 Å². The molecule has 1 aliphatic heterocycles. The van der Waals surface area contributed by atoms with Gasteiger partial charge in [-0.1, -0.05) is 0 Å². The standard InChI is InChI=1S/C9H7F2NO/c10-7-1-2-8-6(9(7)11)3-4-12(8)5-13/h1-2,5H,3-4H2. The van der Waals surface area contributed by atoms with Crippen molar-refractivity contribution in [2.75, 3.05) is 11.4 Å². The SMILES string of the molecule is O=CN1CCc2c1ccc(F)c2F. The van der Waals surface area contributed by atoms with E-state index in [0.717, 1.165) is 6.07 Å². The number of carbonyl (C=O) groups is 1. The number of nitrogens with zero attached hydrogens (tertiary/aromatic N) is 1. The van der Waals surface area contributed by atoms with E-state index in [2.05, 4.69) is 0 Å². The fourth-order valence-electron chi connectivity index (χ4n) is 1.55. The summed E-state index contributed by atoms with van der Waals surface area (Å²) in [6.45, 7) is 0.430. The van der Waals surface area contributed by atoms with E-state index in [4.69, 9.17) is 0 Å². The van der Waals surface area contributed by atoms with Gasteiger partial charge in [-0.2, -0.15) is 0 Å². The Labute approximate surface area is 73.8 Å². The minimum atomic E-state index is -0.855. The molecule has 1 aliphatic rings. The average Bonchev–Trinajstić information content (AvgIpc) is 2.55. The lowest BCUT2D eigenvalue weighted by Gasteiger charge is -2.09. The Balaban J connectivity index is 2.56. The van der Waals surface area contributed by atoms with Gasteiger partial charge in [0, 0.05) is 17.8 Å². The Morgan fingerprint density at radius 2 is 2.15 bits per heavy atom. The molecule has 1 aromatic carbocycles. The molecule has 1 amide bonds. The second kappa shape index (κ2) is 2.80. The second-order valence-electron chi connectivity index (χ2n) is 2.91. The first-order valence-corrected chi connectivity index (χ1v) is 3.93. The van der Waals surface area contributed by atoms with E-state index in [-0.39, 0.29) is 0 Å². The summed E-state index contributed by atoms with van der Waals surface area (Å²) < 4.78 is 25.8. The van der Waals surface area contributed by atoms with Gasteiger partial charge in [-0.15, -0.1) is 0 Å². The summed E-state index contributed by atoms with van der Waals surface area (Å²) in [4.78, 5) is 11.8. The Morgan fingerprint density at radius 1 is 1.38 bits per heavy atom. The van der Waals surface area contributed by atoms with Crippen molar-refractivity contribution < 1.29 is 13.6 Å². The largest absolute Gasteiger partial charge is 0.314 e. The van der Waals surface area contributed by atoms with Gasteiger partial charge in [0.15, 0.2) is 11.6 Å². The third kappa shape index (κ3) is 1.09. The van der Waals surface area contributed by atoms with E-state index in [9.17, 15) is 13.6 Å². The van der Waals surface area contributed by atoms with Crippen LogP contribution >= 0.6 is 0 Å². The molecule has 2 rings (SSSR count). The summed E-state index contributed by atoms with van der Waals surface area (Å²) in [7, 11) is 0. The molecule has 0 aliphatic carbocycles. The molecule has 4 heteroatoms. The van der Waals surface area contributed by atoms with Crippen LogP contribution in [0.3, 0.4) is 0 Å². The number of fused-ring (bicyclic) bond motifs is 1. The van der Waals surface area contributed by atoms with Crippen molar-refractivity contribution in [3.05, 3.63) is 29.3 Å². The zero-order chi connectivity index (χ0) is 9.42. The minimum absolute atomic E-state index is 0.298. The average molecular weight is 183 g/mol. The highest BCUT2D eigenvalue weighted by atomic mass is 19.2. The number of rotatable bonds is 1. The third-order valence-corrected chi connectivity index (χ3v) is 2.21. The zero-order valence-corrected chi connectivity index (χ0v) is 6.76. The molecule has 0 unspecified atom stereocenters. The Hall–Kier alpha value is -1.45. The number of hydrogen-bond donors (Lipinski definition) is 0. The van der Waals surface area contributed by atoms with E-state index in [1.54, 1.807) is 0 Å². The van der Waals surface area contributed by atoms with Gasteiger partial charge in [0.05, 0.1) is 0 Å². The molecule has 0 atom stereocenters. The monoisotopic (exact) mass is 183 g/mol. The Kier molecular flexibility index (Phi) is 1.76. The van der Waals surface area contributed by atoms with Crippen molar-refractivity contribution >= 4 is 12.1 Å². The molecule has 1 heterocycles. The predicted molar refractivity (Wildman–Crippen MR) is 43.5 cm³/mol. The highest BCUT2D eigenvalue weighted by Crippen LogP contribution is 2.29. The highest BCUT2D eigenvalue weighted by molar-refractivity contribution is 5.79. The van der Waals surface area contributed by atoms with Gasteiger partial charge in [0.2, 0.25) is 6.41 Å². The maximum atomic E-state index is 13.1. The van der Waals surface area contributed by atoms with Crippen LogP contribution in [0.15, 0.2) is 12.1 Å². The number of carbonyl (C=O) groups excluding carboxylic acids is 1. The van der Waals surface area contributed by atoms with Crippen LogP contribution < -0.4 is 4.90 Å². The quantitative estimate of drug-likeness (QED) is 0.604. The molecular formula is C9H7F2NO. The van der Waals surface area contributed by atoms with Crippen molar-refractivity contribution in [2.24, 2.45) is 0 Å². The zero-order valence-electron chi connectivity index (χ0n) is 6.76. The van der Waals surface area contributed by atoms with Gasteiger partial charge in [0.1, 0.15) is 0 Å². The van der Waals surface area contributed by atoms with Gasteiger partial charge >= 0.3 is 0 Å². The fourth-order valence-corrected chi connectivity index (χ4v) is 1.55. The molecule has 0 saturated carbocycles. The van der Waals surface area contributed by atoms with Gasteiger partial charge in [-0.3, -0.25) is 4.79 Å². The Morgan fingerprint density at radius 3 is 2.85 bits per heavy atom. The van der Waals surface area contributed by atoms with Crippen LogP contribution in [0, 0.1) is 11.6 Å². The number of halogens is 2. The number of anilines is 1. The van der Waals surface area contributed by atoms with Gasteiger partial charge in [-0.25, -0.2) is 8.78 Å². The van der Waals surface area contributed by atoms with Crippen LogP contribution in [-0.4, -0.2) is 13.0 Å². The molecule has 0 N–H and O–H groups in total. The minimum Gasteiger partial charge on any atom is -0.314 e. The van der Waals surface area contributed by atoms with Crippen molar-refractivity contribution in [3.8, 4) is 0 Å². The topological polar surface area (TPSA) is 20.3 Å². The number of amides is 1. The van der Waals surface area contributed by atoms with Crippen molar-refractivity contribution in [3.63, 3.8) is 0 Å². The van der Waals surface area contributed by atoms with Crippen LogP contribution in [0.4, 0.5) is 14.5 Å². The number of benzene rings is 1. The third-order valence-electron chi connectivity index (χ3n) is 2.21. The van der Waals surface area contributed by atoms with Crippen LogP contribution in [-0.2, 0) is 11.2 Å². The number of hydrogen-bond acceptors (Lipinski definition) is 1. The van der Waals surface area contributed by atoms with E-state index < -0.39 is 11.6 Å². The predicted octanol–water partition coefficient (Wildman–Crippen LogP) is 1.48. The van der Waals surface area contributed by atoms with Crippen molar-refractivity contribution in [1.29, 1.82) is 0 Å². The summed E-state index contributed by atoms with van der Waals surface area (Å²) in [5.74, 6) is -1.69. The molecule has 0 bridgehead atoms. The molecule has 0 radical (unpaired) electrons. The maximum absolute atomic E-state index is 13.1. The maximum Gasteiger partial charge on any atom is 0.214 e. The summed E-state index contributed by atoms with van der Waals surface area (Å²) in [5, 5.41) is 0. The van der Waals surface area contributed by atoms with E-state index >= 15 is 0 Å². The smallest absolute Gasteiger partial charge is 0.214 e. The van der Waals surface area contributed by atoms with Crippen LogP contribution in [0.5, 0.6) is 0 Å².